The second-order valence-corrected chi connectivity index (χ2v) is 9.21. The molecule has 154 valence electrons. The predicted octanol–water partition coefficient (Wildman–Crippen LogP) is 3.31. The molecule has 0 aliphatic carbocycles. The first-order chi connectivity index (χ1) is 13.4. The Hall–Kier alpha value is -0.860. The van der Waals surface area contributed by atoms with Crippen LogP contribution in [0.25, 0.3) is 10.8 Å². The summed E-state index contributed by atoms with van der Waals surface area (Å²) in [6.07, 6.45) is 0. The molecule has 0 aliphatic heterocycles. The summed E-state index contributed by atoms with van der Waals surface area (Å²) >= 11 is 0. The van der Waals surface area contributed by atoms with Crippen LogP contribution in [0.3, 0.4) is 0 Å². The Morgan fingerprint density at radius 3 is 2.00 bits per heavy atom. The first-order valence-electron chi connectivity index (χ1n) is 8.11. The summed E-state index contributed by atoms with van der Waals surface area (Å²) in [4.78, 5) is -1.26. The third kappa shape index (κ3) is 6.35. The maximum Gasteiger partial charge on any atom is 0.296 e. The number of fused-ring (bicyclic) bond motifs is 1. The summed E-state index contributed by atoms with van der Waals surface area (Å²) in [5, 5.41) is 18.3. The molecule has 3 rings (SSSR count). The first-order valence-corrected chi connectivity index (χ1v) is 11.0. The number of aryl methyl sites for hydroxylation is 2. The van der Waals surface area contributed by atoms with Gasteiger partial charge in [-0.15, -0.1) is 5.11 Å². The molecule has 2 radical (unpaired) electrons. The maximum atomic E-state index is 11.8. The molecule has 0 fully saturated rings. The Kier molecular flexibility index (Phi) is 9.44. The van der Waals surface area contributed by atoms with Gasteiger partial charge < -0.3 is 5.11 Å². The zero-order valence-electron chi connectivity index (χ0n) is 17.2. The van der Waals surface area contributed by atoms with Crippen molar-refractivity contribution >= 4 is 101 Å². The van der Waals surface area contributed by atoms with Gasteiger partial charge in [-0.3, -0.25) is 9.11 Å². The largest absolute Gasteiger partial charge is 0.505 e. The number of hydrogen-bond donors (Lipinski definition) is 3. The van der Waals surface area contributed by atoms with Crippen molar-refractivity contribution < 1.29 is 31.0 Å². The zero-order chi connectivity index (χ0) is 21.6. The van der Waals surface area contributed by atoms with Gasteiger partial charge in [0.1, 0.15) is 10.6 Å². The van der Waals surface area contributed by atoms with Crippen LogP contribution >= 0.6 is 0 Å². The van der Waals surface area contributed by atoms with Crippen LogP contribution in [0.2, 0.25) is 0 Å². The van der Waals surface area contributed by atoms with Crippen molar-refractivity contribution in [1.29, 1.82) is 0 Å². The third-order valence-corrected chi connectivity index (χ3v) is 5.92. The van der Waals surface area contributed by atoms with Crippen molar-refractivity contribution in [1.82, 2.24) is 0 Å². The number of nitrogens with zero attached hydrogens (tertiary/aromatic N) is 2. The van der Waals surface area contributed by atoms with Crippen LogP contribution in [-0.4, -0.2) is 90.2 Å². The van der Waals surface area contributed by atoms with Gasteiger partial charge in [-0.1, -0.05) is 17.7 Å². The van der Waals surface area contributed by atoms with Crippen molar-refractivity contribution in [2.24, 2.45) is 10.2 Å². The number of benzene rings is 3. The van der Waals surface area contributed by atoms with E-state index in [1.54, 1.807) is 19.1 Å². The molecule has 3 aromatic rings. The molecule has 0 atom stereocenters. The fraction of sp³-hybridized carbons (Fsp3) is 0.111. The van der Waals surface area contributed by atoms with Gasteiger partial charge in [-0.2, -0.15) is 21.9 Å². The fourth-order valence-corrected chi connectivity index (χ4v) is 3.98. The molecule has 0 bridgehead atoms. The topological polar surface area (TPSA) is 154 Å². The molecule has 3 aromatic carbocycles. The number of rotatable bonds is 4. The molecule has 9 nitrogen and oxygen atoms in total. The molecule has 0 saturated carbocycles. The molecule has 0 saturated heterocycles. The molecular weight excluding hydrogens is 466 g/mol. The average molecular weight is 482 g/mol. The van der Waals surface area contributed by atoms with Gasteiger partial charge in [-0.25, -0.2) is 0 Å². The van der Waals surface area contributed by atoms with Crippen LogP contribution in [0.15, 0.2) is 62.5 Å². The van der Waals surface area contributed by atoms with Crippen LogP contribution in [0.1, 0.15) is 11.1 Å². The van der Waals surface area contributed by atoms with Gasteiger partial charge in [0, 0.05) is 64.5 Å². The molecular formula is C18H16N2Na2O7S2. The van der Waals surface area contributed by atoms with E-state index in [4.69, 9.17) is 4.55 Å². The Morgan fingerprint density at radius 1 is 0.806 bits per heavy atom. The van der Waals surface area contributed by atoms with E-state index in [1.807, 2.05) is 13.0 Å². The molecule has 13 heteroatoms. The monoisotopic (exact) mass is 482 g/mol. The summed E-state index contributed by atoms with van der Waals surface area (Å²) in [5.41, 5.74) is 1.68. The van der Waals surface area contributed by atoms with Crippen molar-refractivity contribution in [3.63, 3.8) is 0 Å². The normalized spacial score (nSPS) is 11.9. The minimum absolute atomic E-state index is 0. The molecule has 0 unspecified atom stereocenters. The third-order valence-electron chi connectivity index (χ3n) is 4.21. The number of hydrogen-bond acceptors (Lipinski definition) is 7. The summed E-state index contributed by atoms with van der Waals surface area (Å²) in [6, 6.07) is 9.40. The van der Waals surface area contributed by atoms with Crippen molar-refractivity contribution in [3.8, 4) is 5.75 Å². The van der Waals surface area contributed by atoms with E-state index in [-0.39, 0.29) is 69.9 Å². The standard InChI is InChI=1S/C18H16N2O7S2.2Na/c1-10-3-6-15(11(2)7-10)19-20-17-16(29(25,26)27)9-12-8-13(28(22,23)24)4-5-14(12)18(17)21;;/h3-9,21H,1-2H3,(H,22,23,24)(H,25,26,27);;. The summed E-state index contributed by atoms with van der Waals surface area (Å²) < 4.78 is 65.0. The minimum Gasteiger partial charge on any atom is -0.505 e. The minimum atomic E-state index is -4.84. The Labute approximate surface area is 223 Å². The van der Waals surface area contributed by atoms with Gasteiger partial charge in [0.2, 0.25) is 0 Å². The second kappa shape index (κ2) is 10.4. The van der Waals surface area contributed by atoms with E-state index in [0.717, 1.165) is 29.3 Å². The van der Waals surface area contributed by atoms with Crippen LogP contribution < -0.4 is 0 Å². The number of azo groups is 1. The van der Waals surface area contributed by atoms with E-state index < -0.39 is 41.5 Å². The zero-order valence-corrected chi connectivity index (χ0v) is 22.9. The fourth-order valence-electron chi connectivity index (χ4n) is 2.80. The van der Waals surface area contributed by atoms with Gasteiger partial charge in [0.25, 0.3) is 20.2 Å². The Bertz CT molecular complexity index is 1390. The Morgan fingerprint density at radius 2 is 1.45 bits per heavy atom. The molecule has 3 N–H and O–H groups in total. The van der Waals surface area contributed by atoms with Crippen LogP contribution in [0.5, 0.6) is 5.75 Å². The van der Waals surface area contributed by atoms with Gasteiger partial charge >= 0.3 is 0 Å². The average Bonchev–Trinajstić information content (AvgIpc) is 2.60. The second-order valence-electron chi connectivity index (χ2n) is 6.39. The molecule has 0 spiro atoms. The number of phenolic OH excluding ortho intramolecular Hbond substituents is 1. The van der Waals surface area contributed by atoms with Crippen molar-refractivity contribution in [3.05, 3.63) is 53.6 Å². The smallest absolute Gasteiger partial charge is 0.296 e. The van der Waals surface area contributed by atoms with Gasteiger partial charge in [0.15, 0.2) is 5.75 Å². The van der Waals surface area contributed by atoms with Crippen LogP contribution in [-0.2, 0) is 20.2 Å². The van der Waals surface area contributed by atoms with Gasteiger partial charge in [0.05, 0.1) is 10.6 Å². The summed E-state index contributed by atoms with van der Waals surface area (Å²) in [5.74, 6) is -0.620. The van der Waals surface area contributed by atoms with Crippen molar-refractivity contribution in [2.75, 3.05) is 0 Å². The van der Waals surface area contributed by atoms with Crippen LogP contribution in [0.4, 0.5) is 11.4 Å². The molecule has 0 aliphatic rings. The molecule has 0 aromatic heterocycles. The number of aromatic hydroxyl groups is 1. The molecule has 0 amide bonds. The summed E-state index contributed by atoms with van der Waals surface area (Å²) in [6.45, 7) is 3.67. The van der Waals surface area contributed by atoms with E-state index in [0.29, 0.717) is 5.69 Å². The predicted molar refractivity (Wildman–Crippen MR) is 117 cm³/mol. The van der Waals surface area contributed by atoms with E-state index in [9.17, 15) is 26.5 Å². The molecule has 0 heterocycles. The van der Waals surface area contributed by atoms with Crippen molar-refractivity contribution in [2.45, 2.75) is 23.6 Å². The van der Waals surface area contributed by atoms with Gasteiger partial charge in [-0.05, 0) is 55.1 Å². The maximum absolute atomic E-state index is 11.8. The van der Waals surface area contributed by atoms with E-state index in [1.165, 1.54) is 6.07 Å². The quantitative estimate of drug-likeness (QED) is 0.293. The number of phenols is 1. The first kappa shape index (κ1) is 28.2. The van der Waals surface area contributed by atoms with E-state index >= 15 is 0 Å². The summed E-state index contributed by atoms with van der Waals surface area (Å²) in [7, 11) is -9.40. The Balaban J connectivity index is 0.00000240. The van der Waals surface area contributed by atoms with E-state index in [2.05, 4.69) is 10.2 Å². The SMILES string of the molecule is Cc1ccc(N=Nc2c(S(=O)(=O)O)cc3cc(S(=O)(=O)O)ccc3c2O)c(C)c1.[Na].[Na]. The van der Waals surface area contributed by atoms with Crippen LogP contribution in [0, 0.1) is 13.8 Å². The molecule has 31 heavy (non-hydrogen) atoms.